The molecule has 0 aliphatic carbocycles. The first kappa shape index (κ1) is 16.9. The van der Waals surface area contributed by atoms with Gasteiger partial charge in [0.15, 0.2) is 5.96 Å². The Morgan fingerprint density at radius 1 is 1.33 bits per heavy atom. The van der Waals surface area contributed by atoms with Crippen molar-refractivity contribution in [1.29, 1.82) is 0 Å². The van der Waals surface area contributed by atoms with Crippen molar-refractivity contribution in [3.63, 3.8) is 0 Å². The maximum absolute atomic E-state index is 13.0. The second-order valence-corrected chi connectivity index (χ2v) is 4.52. The van der Waals surface area contributed by atoms with E-state index in [-0.39, 0.29) is 11.8 Å². The van der Waals surface area contributed by atoms with Gasteiger partial charge in [0.05, 0.1) is 7.11 Å². The van der Waals surface area contributed by atoms with Crippen LogP contribution >= 0.6 is 0 Å². The summed E-state index contributed by atoms with van der Waals surface area (Å²) in [7, 11) is 3.06. The molecule has 0 aliphatic rings. The Morgan fingerprint density at radius 2 is 2.14 bits per heavy atom. The highest BCUT2D eigenvalue weighted by molar-refractivity contribution is 5.79. The third kappa shape index (κ3) is 7.29. The van der Waals surface area contributed by atoms with Gasteiger partial charge in [0.1, 0.15) is 5.82 Å². The van der Waals surface area contributed by atoms with Crippen LogP contribution in [0.3, 0.4) is 0 Å². The Labute approximate surface area is 124 Å². The van der Waals surface area contributed by atoms with Gasteiger partial charge in [0, 0.05) is 26.6 Å². The fraction of sp³-hybridized carbons (Fsp3) is 0.467. The topological polar surface area (TPSA) is 62.7 Å². The lowest BCUT2D eigenvalue weighted by Gasteiger charge is -2.11. The summed E-state index contributed by atoms with van der Waals surface area (Å²) in [5.41, 5.74) is 0.851. The van der Waals surface area contributed by atoms with Gasteiger partial charge in [-0.1, -0.05) is 12.1 Å². The van der Waals surface area contributed by atoms with Crippen LogP contribution < -0.4 is 10.6 Å². The van der Waals surface area contributed by atoms with Crippen LogP contribution in [0.5, 0.6) is 0 Å². The summed E-state index contributed by atoms with van der Waals surface area (Å²) < 4.78 is 17.6. The van der Waals surface area contributed by atoms with Crippen LogP contribution in [-0.2, 0) is 16.1 Å². The van der Waals surface area contributed by atoms with Gasteiger partial charge >= 0.3 is 5.97 Å². The van der Waals surface area contributed by atoms with E-state index in [1.807, 2.05) is 6.07 Å². The van der Waals surface area contributed by atoms with Crippen molar-refractivity contribution in [3.05, 3.63) is 35.6 Å². The SMILES string of the molecule is CN=C(NCCCCC(=O)OC)NCc1cccc(F)c1. The van der Waals surface area contributed by atoms with Gasteiger partial charge < -0.3 is 15.4 Å². The number of halogens is 1. The van der Waals surface area contributed by atoms with Crippen molar-refractivity contribution in [2.24, 2.45) is 4.99 Å². The molecule has 0 atom stereocenters. The minimum Gasteiger partial charge on any atom is -0.469 e. The molecular formula is C15H22FN3O2. The zero-order valence-corrected chi connectivity index (χ0v) is 12.5. The van der Waals surface area contributed by atoms with Gasteiger partial charge in [0.2, 0.25) is 0 Å². The smallest absolute Gasteiger partial charge is 0.305 e. The molecule has 1 aromatic carbocycles. The van der Waals surface area contributed by atoms with E-state index in [9.17, 15) is 9.18 Å². The van der Waals surface area contributed by atoms with Crippen LogP contribution in [0, 0.1) is 5.82 Å². The molecule has 0 aromatic heterocycles. The molecule has 0 radical (unpaired) electrons. The average molecular weight is 295 g/mol. The molecule has 0 aliphatic heterocycles. The van der Waals surface area contributed by atoms with E-state index < -0.39 is 0 Å². The van der Waals surface area contributed by atoms with Crippen LogP contribution in [0.25, 0.3) is 0 Å². The summed E-state index contributed by atoms with van der Waals surface area (Å²) in [6.45, 7) is 1.21. The maximum atomic E-state index is 13.0. The summed E-state index contributed by atoms with van der Waals surface area (Å²) in [4.78, 5) is 15.0. The highest BCUT2D eigenvalue weighted by Gasteiger charge is 2.01. The van der Waals surface area contributed by atoms with Crippen LogP contribution in [0.4, 0.5) is 4.39 Å². The van der Waals surface area contributed by atoms with E-state index in [1.54, 1.807) is 13.1 Å². The zero-order valence-electron chi connectivity index (χ0n) is 12.5. The third-order valence-electron chi connectivity index (χ3n) is 2.90. The van der Waals surface area contributed by atoms with E-state index in [0.717, 1.165) is 18.4 Å². The minimum atomic E-state index is -0.250. The lowest BCUT2D eigenvalue weighted by atomic mass is 10.2. The van der Waals surface area contributed by atoms with Gasteiger partial charge in [-0.25, -0.2) is 4.39 Å². The molecule has 0 saturated heterocycles. The molecule has 6 heteroatoms. The van der Waals surface area contributed by atoms with E-state index >= 15 is 0 Å². The molecule has 0 bridgehead atoms. The first-order valence-electron chi connectivity index (χ1n) is 6.91. The number of guanidine groups is 1. The Bertz CT molecular complexity index is 478. The lowest BCUT2D eigenvalue weighted by Crippen LogP contribution is -2.37. The molecule has 0 saturated carbocycles. The standard InChI is InChI=1S/C15H22FN3O2/c1-17-15(18-9-4-3-8-14(20)21-2)19-11-12-6-5-7-13(16)10-12/h5-7,10H,3-4,8-9,11H2,1-2H3,(H2,17,18,19). The van der Waals surface area contributed by atoms with Crippen LogP contribution in [0.2, 0.25) is 0 Å². The molecule has 2 N–H and O–H groups in total. The Hall–Kier alpha value is -2.11. The number of rotatable bonds is 7. The highest BCUT2D eigenvalue weighted by Crippen LogP contribution is 2.02. The maximum Gasteiger partial charge on any atom is 0.305 e. The average Bonchev–Trinajstić information content (AvgIpc) is 2.49. The number of ether oxygens (including phenoxy) is 1. The van der Waals surface area contributed by atoms with Crippen molar-refractivity contribution in [3.8, 4) is 0 Å². The van der Waals surface area contributed by atoms with Crippen molar-refractivity contribution >= 4 is 11.9 Å². The molecule has 0 unspecified atom stereocenters. The van der Waals surface area contributed by atoms with Crippen LogP contribution in [-0.4, -0.2) is 32.6 Å². The Morgan fingerprint density at radius 3 is 2.81 bits per heavy atom. The number of nitrogens with one attached hydrogen (secondary N) is 2. The van der Waals surface area contributed by atoms with Gasteiger partial charge in [-0.05, 0) is 30.5 Å². The van der Waals surface area contributed by atoms with Gasteiger partial charge in [-0.3, -0.25) is 9.79 Å². The number of unbranched alkanes of at least 4 members (excludes halogenated alkanes) is 1. The number of carbonyl (C=O) groups excluding carboxylic acids is 1. The molecule has 21 heavy (non-hydrogen) atoms. The fourth-order valence-electron chi connectivity index (χ4n) is 1.76. The van der Waals surface area contributed by atoms with Crippen molar-refractivity contribution < 1.29 is 13.9 Å². The van der Waals surface area contributed by atoms with E-state index in [4.69, 9.17) is 0 Å². The van der Waals surface area contributed by atoms with E-state index in [1.165, 1.54) is 19.2 Å². The van der Waals surface area contributed by atoms with Gasteiger partial charge in [-0.15, -0.1) is 0 Å². The third-order valence-corrected chi connectivity index (χ3v) is 2.90. The van der Waals surface area contributed by atoms with Crippen molar-refractivity contribution in [2.45, 2.75) is 25.8 Å². The molecule has 1 aromatic rings. The van der Waals surface area contributed by atoms with E-state index in [2.05, 4.69) is 20.4 Å². The quantitative estimate of drug-likeness (QED) is 0.349. The molecule has 0 spiro atoms. The number of benzene rings is 1. The number of hydrogen-bond donors (Lipinski definition) is 2. The monoisotopic (exact) mass is 295 g/mol. The second-order valence-electron chi connectivity index (χ2n) is 4.52. The molecule has 0 fully saturated rings. The number of esters is 1. The molecular weight excluding hydrogens is 273 g/mol. The fourth-order valence-corrected chi connectivity index (χ4v) is 1.76. The summed E-state index contributed by atoms with van der Waals surface area (Å²) in [5, 5.41) is 6.24. The summed E-state index contributed by atoms with van der Waals surface area (Å²) >= 11 is 0. The molecule has 116 valence electrons. The largest absolute Gasteiger partial charge is 0.469 e. The normalized spacial score (nSPS) is 11.1. The predicted molar refractivity (Wildman–Crippen MR) is 80.5 cm³/mol. The minimum absolute atomic E-state index is 0.191. The zero-order chi connectivity index (χ0) is 15.5. The van der Waals surface area contributed by atoms with Crippen molar-refractivity contribution in [1.82, 2.24) is 10.6 Å². The van der Waals surface area contributed by atoms with Gasteiger partial charge in [0.25, 0.3) is 0 Å². The van der Waals surface area contributed by atoms with Crippen LogP contribution in [0.1, 0.15) is 24.8 Å². The molecule has 0 amide bonds. The predicted octanol–water partition coefficient (Wildman–Crippen LogP) is 1.83. The number of nitrogens with zero attached hydrogens (tertiary/aromatic N) is 1. The first-order valence-corrected chi connectivity index (χ1v) is 6.91. The van der Waals surface area contributed by atoms with Gasteiger partial charge in [-0.2, -0.15) is 0 Å². The van der Waals surface area contributed by atoms with E-state index in [0.29, 0.717) is 25.5 Å². The molecule has 1 rings (SSSR count). The summed E-state index contributed by atoms with van der Waals surface area (Å²) in [6.07, 6.45) is 2.03. The molecule has 5 nitrogen and oxygen atoms in total. The number of carbonyl (C=O) groups is 1. The first-order chi connectivity index (χ1) is 10.2. The number of methoxy groups -OCH3 is 1. The summed E-state index contributed by atoms with van der Waals surface area (Å²) in [5.74, 6) is 0.209. The van der Waals surface area contributed by atoms with Crippen molar-refractivity contribution in [2.75, 3.05) is 20.7 Å². The number of aliphatic imine (C=N–C) groups is 1. The molecule has 0 heterocycles. The Kier molecular flexibility index (Phi) is 7.86. The van der Waals surface area contributed by atoms with Crippen LogP contribution in [0.15, 0.2) is 29.3 Å². The summed E-state index contributed by atoms with van der Waals surface area (Å²) in [6, 6.07) is 6.42. The number of hydrogen-bond acceptors (Lipinski definition) is 3. The lowest BCUT2D eigenvalue weighted by molar-refractivity contribution is -0.140. The second kappa shape index (κ2) is 9.74. The highest BCUT2D eigenvalue weighted by atomic mass is 19.1. The Balaban J connectivity index is 2.22.